The fraction of sp³-hybridized carbons (Fsp3) is 0.333. The van der Waals surface area contributed by atoms with Crippen LogP contribution < -0.4 is 11.0 Å². The van der Waals surface area contributed by atoms with Gasteiger partial charge < -0.3 is 10.3 Å². The second-order valence-corrected chi connectivity index (χ2v) is 6.34. The van der Waals surface area contributed by atoms with Crippen molar-refractivity contribution in [2.24, 2.45) is 0 Å². The van der Waals surface area contributed by atoms with E-state index in [4.69, 9.17) is 0 Å². The molecule has 0 aliphatic heterocycles. The molecular formula is C18H21N5O2. The standard InChI is InChI=1S/C18H21N5O2/c1-10-5-6-14-15(7-10)22-17(21-14)13(4)20-16(24)9-23-12(3)8-11(2)19-18(23)25/h5-8,13H,9H2,1-4H3,(H,20,24)(H,21,22)/t13-/m1/s1. The Labute approximate surface area is 145 Å². The Morgan fingerprint density at radius 1 is 1.24 bits per heavy atom. The van der Waals surface area contributed by atoms with E-state index in [1.165, 1.54) is 4.57 Å². The summed E-state index contributed by atoms with van der Waals surface area (Å²) in [6.45, 7) is 7.34. The lowest BCUT2D eigenvalue weighted by Crippen LogP contribution is -2.36. The predicted octanol–water partition coefficient (Wildman–Crippen LogP) is 1.92. The first kappa shape index (κ1) is 16.9. The van der Waals surface area contributed by atoms with Gasteiger partial charge in [0, 0.05) is 11.4 Å². The zero-order valence-corrected chi connectivity index (χ0v) is 14.8. The van der Waals surface area contributed by atoms with Gasteiger partial charge in [-0.3, -0.25) is 9.36 Å². The van der Waals surface area contributed by atoms with Crippen LogP contribution >= 0.6 is 0 Å². The summed E-state index contributed by atoms with van der Waals surface area (Å²) in [5, 5.41) is 2.87. The third kappa shape index (κ3) is 3.60. The molecule has 0 saturated carbocycles. The second kappa shape index (κ2) is 6.51. The molecule has 0 spiro atoms. The Bertz CT molecular complexity index is 1000. The number of hydrogen-bond acceptors (Lipinski definition) is 4. The molecule has 2 N–H and O–H groups in total. The van der Waals surface area contributed by atoms with Gasteiger partial charge in [-0.25, -0.2) is 9.78 Å². The first-order chi connectivity index (χ1) is 11.8. The van der Waals surface area contributed by atoms with Gasteiger partial charge >= 0.3 is 5.69 Å². The van der Waals surface area contributed by atoms with Crippen LogP contribution in [0.3, 0.4) is 0 Å². The van der Waals surface area contributed by atoms with Gasteiger partial charge in [0.05, 0.1) is 17.1 Å². The first-order valence-corrected chi connectivity index (χ1v) is 8.14. The number of amides is 1. The van der Waals surface area contributed by atoms with Gasteiger partial charge in [0.15, 0.2) is 0 Å². The van der Waals surface area contributed by atoms with Crippen molar-refractivity contribution in [3.8, 4) is 0 Å². The lowest BCUT2D eigenvalue weighted by molar-refractivity contribution is -0.122. The molecule has 3 aromatic rings. The minimum Gasteiger partial charge on any atom is -0.345 e. The van der Waals surface area contributed by atoms with E-state index in [0.29, 0.717) is 17.2 Å². The van der Waals surface area contributed by atoms with E-state index in [-0.39, 0.29) is 18.5 Å². The number of carbonyl (C=O) groups excluding carboxylic acids is 1. The van der Waals surface area contributed by atoms with Gasteiger partial charge in [-0.15, -0.1) is 0 Å². The van der Waals surface area contributed by atoms with Crippen molar-refractivity contribution < 1.29 is 4.79 Å². The molecule has 3 rings (SSSR count). The monoisotopic (exact) mass is 339 g/mol. The molecule has 25 heavy (non-hydrogen) atoms. The van der Waals surface area contributed by atoms with Crippen LogP contribution in [0.25, 0.3) is 11.0 Å². The summed E-state index contributed by atoms with van der Waals surface area (Å²) in [5.41, 5.74) is 3.87. The molecule has 0 radical (unpaired) electrons. The molecule has 0 bridgehead atoms. The molecule has 0 aliphatic rings. The molecule has 1 amide bonds. The van der Waals surface area contributed by atoms with Crippen LogP contribution in [0, 0.1) is 20.8 Å². The zero-order chi connectivity index (χ0) is 18.1. The van der Waals surface area contributed by atoms with Crippen LogP contribution in [-0.2, 0) is 11.3 Å². The van der Waals surface area contributed by atoms with Crippen molar-refractivity contribution in [2.45, 2.75) is 40.3 Å². The molecule has 0 fully saturated rings. The van der Waals surface area contributed by atoms with Crippen LogP contribution in [0.2, 0.25) is 0 Å². The SMILES string of the molecule is Cc1ccc2nc([C@@H](C)NC(=O)Cn3c(C)cc(C)nc3=O)[nH]c2c1. The van der Waals surface area contributed by atoms with Crippen molar-refractivity contribution in [2.75, 3.05) is 0 Å². The highest BCUT2D eigenvalue weighted by molar-refractivity contribution is 5.77. The molecule has 2 heterocycles. The smallest absolute Gasteiger partial charge is 0.345 e. The fourth-order valence-corrected chi connectivity index (χ4v) is 2.81. The third-order valence-electron chi connectivity index (χ3n) is 4.09. The number of fused-ring (bicyclic) bond motifs is 1. The quantitative estimate of drug-likeness (QED) is 0.759. The lowest BCUT2D eigenvalue weighted by Gasteiger charge is -2.13. The second-order valence-electron chi connectivity index (χ2n) is 6.34. The number of carbonyl (C=O) groups is 1. The van der Waals surface area contributed by atoms with Crippen molar-refractivity contribution in [3.63, 3.8) is 0 Å². The van der Waals surface area contributed by atoms with Crippen LogP contribution in [0.1, 0.15) is 35.7 Å². The summed E-state index contributed by atoms with van der Waals surface area (Å²) in [6, 6.07) is 7.44. The van der Waals surface area contributed by atoms with Crippen LogP contribution in [0.4, 0.5) is 0 Å². The Balaban J connectivity index is 1.75. The number of nitrogens with zero attached hydrogens (tertiary/aromatic N) is 3. The number of imidazole rings is 1. The minimum absolute atomic E-state index is 0.0678. The van der Waals surface area contributed by atoms with Crippen LogP contribution in [-0.4, -0.2) is 25.4 Å². The maximum Gasteiger partial charge on any atom is 0.348 e. The van der Waals surface area contributed by atoms with E-state index in [1.807, 2.05) is 32.0 Å². The van der Waals surface area contributed by atoms with Gasteiger partial charge in [0.1, 0.15) is 12.4 Å². The number of aromatic amines is 1. The van der Waals surface area contributed by atoms with Gasteiger partial charge in [0.2, 0.25) is 5.91 Å². The van der Waals surface area contributed by atoms with Gasteiger partial charge in [-0.05, 0) is 51.5 Å². The molecule has 7 nitrogen and oxygen atoms in total. The Morgan fingerprint density at radius 2 is 2.00 bits per heavy atom. The number of aromatic nitrogens is 4. The van der Waals surface area contributed by atoms with E-state index >= 15 is 0 Å². The molecule has 130 valence electrons. The Hall–Kier alpha value is -2.96. The topological polar surface area (TPSA) is 92.7 Å². The van der Waals surface area contributed by atoms with Crippen LogP contribution in [0.5, 0.6) is 0 Å². The highest BCUT2D eigenvalue weighted by Gasteiger charge is 2.15. The normalized spacial score (nSPS) is 12.3. The number of hydrogen-bond donors (Lipinski definition) is 2. The van der Waals surface area contributed by atoms with Crippen molar-refractivity contribution in [1.29, 1.82) is 0 Å². The average molecular weight is 339 g/mol. The van der Waals surface area contributed by atoms with E-state index in [1.54, 1.807) is 19.9 Å². The number of benzene rings is 1. The number of H-pyrrole nitrogens is 1. The maximum absolute atomic E-state index is 12.3. The van der Waals surface area contributed by atoms with Crippen molar-refractivity contribution in [1.82, 2.24) is 24.8 Å². The number of nitrogens with one attached hydrogen (secondary N) is 2. The Kier molecular flexibility index (Phi) is 4.39. The third-order valence-corrected chi connectivity index (χ3v) is 4.09. The molecular weight excluding hydrogens is 318 g/mol. The fourth-order valence-electron chi connectivity index (χ4n) is 2.81. The number of rotatable bonds is 4. The zero-order valence-electron chi connectivity index (χ0n) is 14.8. The summed E-state index contributed by atoms with van der Waals surface area (Å²) in [7, 11) is 0. The molecule has 0 unspecified atom stereocenters. The van der Waals surface area contributed by atoms with Gasteiger partial charge in [-0.1, -0.05) is 6.07 Å². The Morgan fingerprint density at radius 3 is 2.72 bits per heavy atom. The van der Waals surface area contributed by atoms with E-state index in [2.05, 4.69) is 20.3 Å². The summed E-state index contributed by atoms with van der Waals surface area (Å²) in [5.74, 6) is 0.417. The van der Waals surface area contributed by atoms with E-state index < -0.39 is 5.69 Å². The summed E-state index contributed by atoms with van der Waals surface area (Å²) >= 11 is 0. The predicted molar refractivity (Wildman–Crippen MR) is 95.4 cm³/mol. The lowest BCUT2D eigenvalue weighted by atomic mass is 10.2. The maximum atomic E-state index is 12.3. The summed E-state index contributed by atoms with van der Waals surface area (Å²) in [6.07, 6.45) is 0. The molecule has 0 aliphatic carbocycles. The molecule has 1 aromatic carbocycles. The highest BCUT2D eigenvalue weighted by Crippen LogP contribution is 2.17. The summed E-state index contributed by atoms with van der Waals surface area (Å²) in [4.78, 5) is 35.9. The average Bonchev–Trinajstić information content (AvgIpc) is 2.94. The van der Waals surface area contributed by atoms with E-state index in [9.17, 15) is 9.59 Å². The molecule has 0 saturated heterocycles. The van der Waals surface area contributed by atoms with Crippen molar-refractivity contribution in [3.05, 3.63) is 57.5 Å². The van der Waals surface area contributed by atoms with E-state index in [0.717, 1.165) is 16.6 Å². The summed E-state index contributed by atoms with van der Waals surface area (Å²) < 4.78 is 1.36. The van der Waals surface area contributed by atoms with Gasteiger partial charge in [-0.2, -0.15) is 4.98 Å². The van der Waals surface area contributed by atoms with Gasteiger partial charge in [0.25, 0.3) is 0 Å². The molecule has 1 atom stereocenters. The largest absolute Gasteiger partial charge is 0.348 e. The first-order valence-electron chi connectivity index (χ1n) is 8.14. The minimum atomic E-state index is -0.417. The molecule has 2 aromatic heterocycles. The number of aryl methyl sites for hydroxylation is 3. The molecule has 7 heteroatoms. The highest BCUT2D eigenvalue weighted by atomic mass is 16.2. The van der Waals surface area contributed by atoms with Crippen molar-refractivity contribution >= 4 is 16.9 Å². The van der Waals surface area contributed by atoms with Crippen LogP contribution in [0.15, 0.2) is 29.1 Å².